The molecular weight excluding hydrogens is 496 g/mol. The predicted octanol–water partition coefficient (Wildman–Crippen LogP) is 4.91. The van der Waals surface area contributed by atoms with Crippen molar-refractivity contribution >= 4 is 23.8 Å². The maximum Gasteiger partial charge on any atom is 0.408 e. The molecule has 0 fully saturated rings. The maximum absolute atomic E-state index is 14.1. The van der Waals surface area contributed by atoms with Gasteiger partial charge in [-0.25, -0.2) is 4.79 Å². The topological polar surface area (TPSA) is 131 Å². The van der Waals surface area contributed by atoms with E-state index >= 15 is 0 Å². The van der Waals surface area contributed by atoms with Crippen molar-refractivity contribution in [3.63, 3.8) is 0 Å². The summed E-state index contributed by atoms with van der Waals surface area (Å²) in [6.45, 7) is 15.0. The zero-order valence-electron chi connectivity index (χ0n) is 25.2. The van der Waals surface area contributed by atoms with Gasteiger partial charge in [0.2, 0.25) is 17.7 Å². The van der Waals surface area contributed by atoms with E-state index < -0.39 is 47.6 Å². The first kappa shape index (κ1) is 33.9. The highest BCUT2D eigenvalue weighted by molar-refractivity contribution is 5.94. The highest BCUT2D eigenvalue weighted by Crippen LogP contribution is 2.27. The highest BCUT2D eigenvalue weighted by Gasteiger charge is 2.38. The van der Waals surface area contributed by atoms with Crippen LogP contribution in [-0.4, -0.2) is 52.4 Å². The summed E-state index contributed by atoms with van der Waals surface area (Å²) in [5.41, 5.74) is 5.64. The van der Waals surface area contributed by atoms with Crippen LogP contribution in [0.5, 0.6) is 0 Å². The number of alkyl carbamates (subject to hydrolysis) is 1. The Bertz CT molecular complexity index is 965. The van der Waals surface area contributed by atoms with Gasteiger partial charge in [-0.2, -0.15) is 0 Å². The van der Waals surface area contributed by atoms with Crippen LogP contribution in [0, 0.1) is 6.92 Å². The first-order chi connectivity index (χ1) is 18.1. The SMILES string of the molecule is CCCCCCCCN(C(=O)C(CC(N)=O)NC(=O)OC(C)(C)C)C(C(=O)NC(C)(C)C)c1ccccc1C. The molecule has 1 rings (SSSR count). The summed E-state index contributed by atoms with van der Waals surface area (Å²) in [6, 6.07) is 5.16. The minimum atomic E-state index is -1.29. The highest BCUT2D eigenvalue weighted by atomic mass is 16.6. The normalized spacial score (nSPS) is 13.2. The lowest BCUT2D eigenvalue weighted by atomic mass is 9.96. The molecule has 4 amide bonds. The fourth-order valence-electron chi connectivity index (χ4n) is 4.26. The zero-order chi connectivity index (χ0) is 29.8. The number of nitrogens with one attached hydrogen (secondary N) is 2. The number of unbranched alkanes of at least 4 members (excludes halogenated alkanes) is 5. The number of ether oxygens (including phenoxy) is 1. The summed E-state index contributed by atoms with van der Waals surface area (Å²) in [6.07, 6.45) is 4.66. The third-order valence-corrected chi connectivity index (χ3v) is 5.97. The van der Waals surface area contributed by atoms with E-state index in [-0.39, 0.29) is 12.5 Å². The molecule has 0 aromatic heterocycles. The Morgan fingerprint density at radius 3 is 2.08 bits per heavy atom. The number of nitrogens with zero attached hydrogens (tertiary/aromatic N) is 1. The minimum Gasteiger partial charge on any atom is -0.444 e. The number of amides is 4. The van der Waals surface area contributed by atoms with Crippen molar-refractivity contribution < 1.29 is 23.9 Å². The molecule has 0 aliphatic heterocycles. The summed E-state index contributed by atoms with van der Waals surface area (Å²) >= 11 is 0. The van der Waals surface area contributed by atoms with E-state index in [0.29, 0.717) is 12.0 Å². The molecule has 0 aliphatic rings. The van der Waals surface area contributed by atoms with Gasteiger partial charge >= 0.3 is 6.09 Å². The van der Waals surface area contributed by atoms with Crippen molar-refractivity contribution in [2.45, 2.75) is 124 Å². The number of hydrogen-bond acceptors (Lipinski definition) is 5. The molecule has 220 valence electrons. The first-order valence-corrected chi connectivity index (χ1v) is 14.0. The minimum absolute atomic E-state index is 0.271. The van der Waals surface area contributed by atoms with E-state index in [1.807, 2.05) is 52.0 Å². The summed E-state index contributed by atoms with van der Waals surface area (Å²) in [5.74, 6) is -1.66. The Balaban J connectivity index is 3.50. The van der Waals surface area contributed by atoms with Gasteiger partial charge in [0.05, 0.1) is 6.42 Å². The number of carbonyl (C=O) groups is 4. The molecule has 9 nitrogen and oxygen atoms in total. The number of aryl methyl sites for hydroxylation is 1. The molecule has 0 heterocycles. The van der Waals surface area contributed by atoms with Crippen LogP contribution in [0.4, 0.5) is 4.79 Å². The smallest absolute Gasteiger partial charge is 0.408 e. The third-order valence-electron chi connectivity index (χ3n) is 5.97. The number of rotatable bonds is 14. The van der Waals surface area contributed by atoms with E-state index in [9.17, 15) is 19.2 Å². The second kappa shape index (κ2) is 15.5. The molecule has 0 spiro atoms. The lowest BCUT2D eigenvalue weighted by molar-refractivity contribution is -0.144. The van der Waals surface area contributed by atoms with Crippen LogP contribution in [-0.2, 0) is 19.1 Å². The third kappa shape index (κ3) is 13.0. The van der Waals surface area contributed by atoms with Crippen molar-refractivity contribution in [1.29, 1.82) is 0 Å². The molecular formula is C30H50N4O5. The number of carbonyl (C=O) groups excluding carboxylic acids is 4. The monoisotopic (exact) mass is 546 g/mol. The largest absolute Gasteiger partial charge is 0.444 e. The van der Waals surface area contributed by atoms with Gasteiger partial charge < -0.3 is 26.0 Å². The Kier molecular flexibility index (Phi) is 13.5. The fraction of sp³-hybridized carbons (Fsp3) is 0.667. The standard InChI is InChI=1S/C30H50N4O5/c1-9-10-11-12-13-16-19-34(27(37)23(20-24(31)35)32-28(38)39-30(6,7)8)25(26(36)33-29(3,4)5)22-18-15-14-17-21(22)2/h14-15,17-18,23,25H,9-13,16,19-20H2,1-8H3,(H2,31,35)(H,32,38)(H,33,36). The Hall–Kier alpha value is -3.10. The van der Waals surface area contributed by atoms with E-state index in [1.54, 1.807) is 20.8 Å². The summed E-state index contributed by atoms with van der Waals surface area (Å²) in [7, 11) is 0. The molecule has 2 unspecified atom stereocenters. The van der Waals surface area contributed by atoms with Gasteiger partial charge in [0.1, 0.15) is 17.7 Å². The molecule has 0 saturated carbocycles. The molecule has 9 heteroatoms. The number of primary amides is 1. The van der Waals surface area contributed by atoms with Crippen LogP contribution < -0.4 is 16.4 Å². The second-order valence-corrected chi connectivity index (χ2v) is 12.2. The zero-order valence-corrected chi connectivity index (χ0v) is 25.2. The van der Waals surface area contributed by atoms with Crippen LogP contribution in [0.25, 0.3) is 0 Å². The molecule has 1 aromatic carbocycles. The van der Waals surface area contributed by atoms with Crippen LogP contribution in [0.15, 0.2) is 24.3 Å². The average molecular weight is 547 g/mol. The van der Waals surface area contributed by atoms with Gasteiger partial charge in [0.25, 0.3) is 0 Å². The fourth-order valence-corrected chi connectivity index (χ4v) is 4.26. The molecule has 1 aromatic rings. The Labute approximate surface area is 234 Å². The van der Waals surface area contributed by atoms with Gasteiger partial charge in [-0.1, -0.05) is 63.3 Å². The molecule has 39 heavy (non-hydrogen) atoms. The second-order valence-electron chi connectivity index (χ2n) is 12.2. The molecule has 2 atom stereocenters. The summed E-state index contributed by atoms with van der Waals surface area (Å²) < 4.78 is 5.34. The maximum atomic E-state index is 14.1. The van der Waals surface area contributed by atoms with E-state index in [4.69, 9.17) is 10.5 Å². The lowest BCUT2D eigenvalue weighted by Gasteiger charge is -2.36. The van der Waals surface area contributed by atoms with Crippen LogP contribution in [0.1, 0.15) is 111 Å². The average Bonchev–Trinajstić information content (AvgIpc) is 2.77. The molecule has 0 saturated heterocycles. The predicted molar refractivity (Wildman–Crippen MR) is 154 cm³/mol. The van der Waals surface area contributed by atoms with Crippen molar-refractivity contribution in [2.75, 3.05) is 6.54 Å². The molecule has 4 N–H and O–H groups in total. The van der Waals surface area contributed by atoms with Gasteiger partial charge in [-0.15, -0.1) is 0 Å². The van der Waals surface area contributed by atoms with Crippen LogP contribution in [0.3, 0.4) is 0 Å². The van der Waals surface area contributed by atoms with Crippen LogP contribution in [0.2, 0.25) is 0 Å². The van der Waals surface area contributed by atoms with E-state index in [2.05, 4.69) is 17.6 Å². The number of hydrogen-bond donors (Lipinski definition) is 3. The van der Waals surface area contributed by atoms with E-state index in [1.165, 1.54) is 4.90 Å². The molecule has 0 bridgehead atoms. The summed E-state index contributed by atoms with van der Waals surface area (Å²) in [4.78, 5) is 53.9. The Morgan fingerprint density at radius 1 is 0.949 bits per heavy atom. The number of nitrogens with two attached hydrogens (primary N) is 1. The number of benzene rings is 1. The van der Waals surface area contributed by atoms with Gasteiger partial charge in [0.15, 0.2) is 0 Å². The van der Waals surface area contributed by atoms with Gasteiger partial charge in [0, 0.05) is 12.1 Å². The van der Waals surface area contributed by atoms with Gasteiger partial charge in [-0.05, 0) is 66.0 Å². The van der Waals surface area contributed by atoms with Gasteiger partial charge in [-0.3, -0.25) is 14.4 Å². The molecule has 0 radical (unpaired) electrons. The van der Waals surface area contributed by atoms with Crippen LogP contribution >= 0.6 is 0 Å². The Morgan fingerprint density at radius 2 is 1.54 bits per heavy atom. The first-order valence-electron chi connectivity index (χ1n) is 14.0. The van der Waals surface area contributed by atoms with Crippen molar-refractivity contribution in [3.8, 4) is 0 Å². The molecule has 0 aliphatic carbocycles. The van der Waals surface area contributed by atoms with Crippen molar-refractivity contribution in [2.24, 2.45) is 5.73 Å². The lowest BCUT2D eigenvalue weighted by Crippen LogP contribution is -2.55. The van der Waals surface area contributed by atoms with Crippen molar-refractivity contribution in [3.05, 3.63) is 35.4 Å². The van der Waals surface area contributed by atoms with E-state index in [0.717, 1.165) is 37.7 Å². The summed E-state index contributed by atoms with van der Waals surface area (Å²) in [5, 5.41) is 5.54. The van der Waals surface area contributed by atoms with Crippen molar-refractivity contribution in [1.82, 2.24) is 15.5 Å². The quantitative estimate of drug-likeness (QED) is 0.285.